The largest absolute Gasteiger partial charge is 0.469 e. The number of ether oxygens (including phenoxy) is 2. The molecule has 0 unspecified atom stereocenters. The Balaban J connectivity index is 1.67. The predicted molar refractivity (Wildman–Crippen MR) is 120 cm³/mol. The minimum absolute atomic E-state index is 0.0194. The van der Waals surface area contributed by atoms with Gasteiger partial charge in [0.25, 0.3) is 0 Å². The van der Waals surface area contributed by atoms with E-state index in [0.717, 1.165) is 56.3 Å². The Morgan fingerprint density at radius 2 is 1.90 bits per heavy atom. The van der Waals surface area contributed by atoms with E-state index in [2.05, 4.69) is 47.5 Å². The molecule has 0 aromatic heterocycles. The number of carbonyl (C=O) groups excluding carboxylic acids is 1. The molecule has 0 bridgehead atoms. The first kappa shape index (κ1) is 20.9. The molecule has 4 rings (SSSR count). The van der Waals surface area contributed by atoms with Crippen molar-refractivity contribution < 1.29 is 14.3 Å². The smallest absolute Gasteiger partial charge is 0.308 e. The Labute approximate surface area is 179 Å². The van der Waals surface area contributed by atoms with E-state index in [1.165, 1.54) is 17.9 Å². The van der Waals surface area contributed by atoms with E-state index < -0.39 is 0 Å². The van der Waals surface area contributed by atoms with Crippen LogP contribution in [0.15, 0.2) is 47.6 Å². The molecular formula is C25H32N2O3. The minimum Gasteiger partial charge on any atom is -0.469 e. The van der Waals surface area contributed by atoms with Crippen LogP contribution in [0.25, 0.3) is 10.8 Å². The molecule has 2 aliphatic rings. The first-order chi connectivity index (χ1) is 14.7. The Kier molecular flexibility index (Phi) is 6.68. The van der Waals surface area contributed by atoms with E-state index in [1.807, 2.05) is 0 Å². The van der Waals surface area contributed by atoms with Gasteiger partial charge in [-0.15, -0.1) is 0 Å². The van der Waals surface area contributed by atoms with Crippen molar-refractivity contribution in [3.63, 3.8) is 0 Å². The summed E-state index contributed by atoms with van der Waals surface area (Å²) < 4.78 is 10.5. The second-order valence-corrected chi connectivity index (χ2v) is 8.55. The van der Waals surface area contributed by atoms with Crippen LogP contribution < -0.4 is 0 Å². The highest BCUT2D eigenvalue weighted by Gasteiger charge is 2.35. The summed E-state index contributed by atoms with van der Waals surface area (Å²) in [5, 5.41) is 9.80. The lowest BCUT2D eigenvalue weighted by Gasteiger charge is -2.24. The number of carbonyl (C=O) groups is 1. The van der Waals surface area contributed by atoms with E-state index in [-0.39, 0.29) is 17.8 Å². The van der Waals surface area contributed by atoms with Crippen LogP contribution in [0.3, 0.4) is 0 Å². The van der Waals surface area contributed by atoms with Gasteiger partial charge in [-0.25, -0.2) is 0 Å². The van der Waals surface area contributed by atoms with Crippen molar-refractivity contribution in [3.05, 3.63) is 48.0 Å². The van der Waals surface area contributed by atoms with Crippen LogP contribution in [0.2, 0.25) is 0 Å². The van der Waals surface area contributed by atoms with Gasteiger partial charge in [-0.1, -0.05) is 42.8 Å². The quantitative estimate of drug-likeness (QED) is 0.495. The molecule has 30 heavy (non-hydrogen) atoms. The van der Waals surface area contributed by atoms with Crippen molar-refractivity contribution in [2.75, 3.05) is 27.4 Å². The molecule has 0 N–H and O–H groups in total. The van der Waals surface area contributed by atoms with Crippen LogP contribution in [0.5, 0.6) is 0 Å². The molecule has 5 nitrogen and oxygen atoms in total. The molecule has 2 aromatic carbocycles. The molecule has 5 heteroatoms. The molecule has 0 amide bonds. The first-order valence-electron chi connectivity index (χ1n) is 11.1. The maximum Gasteiger partial charge on any atom is 0.308 e. The molecule has 160 valence electrons. The number of benzene rings is 2. The molecule has 2 fully saturated rings. The summed E-state index contributed by atoms with van der Waals surface area (Å²) in [4.78, 5) is 12.3. The lowest BCUT2D eigenvalue weighted by molar-refractivity contribution is -0.146. The average Bonchev–Trinajstić information content (AvgIpc) is 3.42. The molecule has 0 radical (unpaired) electrons. The van der Waals surface area contributed by atoms with Crippen molar-refractivity contribution >= 4 is 22.5 Å². The third-order valence-corrected chi connectivity index (χ3v) is 6.66. The van der Waals surface area contributed by atoms with Gasteiger partial charge in [-0.3, -0.25) is 9.80 Å². The van der Waals surface area contributed by atoms with E-state index in [9.17, 15) is 4.79 Å². The van der Waals surface area contributed by atoms with Crippen molar-refractivity contribution in [3.8, 4) is 0 Å². The van der Waals surface area contributed by atoms with Crippen molar-refractivity contribution in [2.45, 2.75) is 44.6 Å². The number of methoxy groups -OCH3 is 2. The fraction of sp³-hybridized carbons (Fsp3) is 0.520. The Morgan fingerprint density at radius 1 is 1.07 bits per heavy atom. The lowest BCUT2D eigenvalue weighted by Crippen LogP contribution is -2.30. The third kappa shape index (κ3) is 4.51. The molecular weight excluding hydrogens is 376 g/mol. The van der Waals surface area contributed by atoms with Gasteiger partial charge in [0.05, 0.1) is 31.4 Å². The molecule has 0 spiro atoms. The van der Waals surface area contributed by atoms with Gasteiger partial charge in [0, 0.05) is 13.7 Å². The summed E-state index contributed by atoms with van der Waals surface area (Å²) in [7, 11) is 3.25. The summed E-state index contributed by atoms with van der Waals surface area (Å²) in [5.41, 5.74) is 2.22. The molecule has 3 atom stereocenters. The van der Waals surface area contributed by atoms with Crippen LogP contribution >= 0.6 is 0 Å². The normalized spacial score (nSPS) is 24.5. The molecule has 1 saturated carbocycles. The molecule has 1 aliphatic carbocycles. The Bertz CT molecular complexity index is 910. The zero-order valence-corrected chi connectivity index (χ0v) is 18.0. The Morgan fingerprint density at radius 3 is 2.70 bits per heavy atom. The maximum absolute atomic E-state index is 12.3. The minimum atomic E-state index is -0.0752. The van der Waals surface area contributed by atoms with Crippen LogP contribution in [-0.2, 0) is 14.3 Å². The van der Waals surface area contributed by atoms with Crippen LogP contribution in [-0.4, -0.2) is 50.1 Å². The predicted octanol–water partition coefficient (Wildman–Crippen LogP) is 4.63. The van der Waals surface area contributed by atoms with E-state index in [4.69, 9.17) is 14.6 Å². The van der Waals surface area contributed by atoms with Crippen molar-refractivity contribution in [1.82, 2.24) is 5.01 Å². The van der Waals surface area contributed by atoms with Crippen LogP contribution in [0.4, 0.5) is 0 Å². The summed E-state index contributed by atoms with van der Waals surface area (Å²) in [6.45, 7) is 1.65. The Hall–Kier alpha value is -2.40. The third-order valence-electron chi connectivity index (χ3n) is 6.66. The van der Waals surface area contributed by atoms with Crippen LogP contribution in [0.1, 0.15) is 44.1 Å². The highest BCUT2D eigenvalue weighted by atomic mass is 16.5. The summed E-state index contributed by atoms with van der Waals surface area (Å²) in [5.74, 6) is 0.189. The molecule has 1 saturated heterocycles. The summed E-state index contributed by atoms with van der Waals surface area (Å²) in [6.07, 6.45) is 6.08. The van der Waals surface area contributed by atoms with Gasteiger partial charge in [0.2, 0.25) is 0 Å². The second kappa shape index (κ2) is 9.61. The number of hydrazone groups is 1. The van der Waals surface area contributed by atoms with Gasteiger partial charge < -0.3 is 9.47 Å². The lowest BCUT2D eigenvalue weighted by atomic mass is 9.88. The monoisotopic (exact) mass is 408 g/mol. The van der Waals surface area contributed by atoms with Gasteiger partial charge in [0.1, 0.15) is 0 Å². The van der Waals surface area contributed by atoms with E-state index >= 15 is 0 Å². The standard InChI is InChI=1S/C25H32N2O3/c1-29-17-22-10-6-14-27(22)26-24(16-20-9-5-11-23(20)25(28)30-2)21-13-12-18-7-3-4-8-19(18)15-21/h3-4,7-8,12-13,15,20,22-23H,5-6,9-11,14,16-17H2,1-2H3/b26-24+/t20-,22+,23+/m1/s1. The van der Waals surface area contributed by atoms with Crippen molar-refractivity contribution in [2.24, 2.45) is 16.9 Å². The topological polar surface area (TPSA) is 51.1 Å². The van der Waals surface area contributed by atoms with E-state index in [1.54, 1.807) is 7.11 Å². The number of fused-ring (bicyclic) bond motifs is 1. The number of nitrogens with zero attached hydrogens (tertiary/aromatic N) is 2. The number of esters is 1. The summed E-state index contributed by atoms with van der Waals surface area (Å²) >= 11 is 0. The van der Waals surface area contributed by atoms with Gasteiger partial charge in [0.15, 0.2) is 0 Å². The summed E-state index contributed by atoms with van der Waals surface area (Å²) in [6, 6.07) is 15.3. The van der Waals surface area contributed by atoms with Gasteiger partial charge >= 0.3 is 5.97 Å². The maximum atomic E-state index is 12.3. The number of hydrogen-bond acceptors (Lipinski definition) is 5. The number of hydrogen-bond donors (Lipinski definition) is 0. The second-order valence-electron chi connectivity index (χ2n) is 8.55. The zero-order chi connectivity index (χ0) is 20.9. The average molecular weight is 409 g/mol. The zero-order valence-electron chi connectivity index (χ0n) is 18.0. The molecule has 1 aliphatic heterocycles. The number of rotatable bonds is 7. The first-order valence-corrected chi connectivity index (χ1v) is 11.1. The van der Waals surface area contributed by atoms with Gasteiger partial charge in [-0.05, 0) is 60.4 Å². The SMILES string of the molecule is COC[C@@H]1CCCN1/N=C(\C[C@H]1CCC[C@@H]1C(=O)OC)c1ccc2ccccc2c1. The van der Waals surface area contributed by atoms with Gasteiger partial charge in [-0.2, -0.15) is 5.10 Å². The molecule has 2 aromatic rings. The fourth-order valence-corrected chi connectivity index (χ4v) is 5.05. The fourth-order valence-electron chi connectivity index (χ4n) is 5.05. The molecule has 1 heterocycles. The highest BCUT2D eigenvalue weighted by molar-refractivity contribution is 6.03. The van der Waals surface area contributed by atoms with Crippen LogP contribution in [0, 0.1) is 11.8 Å². The van der Waals surface area contributed by atoms with Crippen molar-refractivity contribution in [1.29, 1.82) is 0 Å². The van der Waals surface area contributed by atoms with E-state index in [0.29, 0.717) is 12.6 Å². The highest BCUT2D eigenvalue weighted by Crippen LogP contribution is 2.36.